The molecule has 1 aliphatic rings. The molecule has 0 saturated carbocycles. The van der Waals surface area contributed by atoms with E-state index in [1.165, 1.54) is 6.26 Å². The summed E-state index contributed by atoms with van der Waals surface area (Å²) in [4.78, 5) is 20.9. The monoisotopic (exact) mass is 382 g/mol. The fourth-order valence-corrected chi connectivity index (χ4v) is 2.98. The van der Waals surface area contributed by atoms with Crippen molar-refractivity contribution in [1.29, 1.82) is 0 Å². The number of amides is 1. The molecular weight excluding hydrogens is 348 g/mol. The number of aliphatic hydroxyl groups is 1. The number of nitrogens with zero attached hydrogens (tertiary/aromatic N) is 3. The smallest absolute Gasteiger partial charge is 0.273 e. The van der Waals surface area contributed by atoms with E-state index in [-0.39, 0.29) is 5.91 Å². The van der Waals surface area contributed by atoms with Crippen molar-refractivity contribution in [2.75, 3.05) is 52.5 Å². The summed E-state index contributed by atoms with van der Waals surface area (Å²) >= 11 is 0. The maximum absolute atomic E-state index is 12.1. The minimum absolute atomic E-state index is 0.182. The fraction of sp³-hybridized carbons (Fsp3) is 0.789. The Bertz CT molecular complexity index is 556. The van der Waals surface area contributed by atoms with Gasteiger partial charge in [-0.3, -0.25) is 14.6 Å². The molecule has 2 heterocycles. The molecule has 1 aromatic heterocycles. The maximum Gasteiger partial charge on any atom is 0.273 e. The second-order valence-electron chi connectivity index (χ2n) is 7.45. The molecule has 0 bridgehead atoms. The number of rotatable bonds is 11. The van der Waals surface area contributed by atoms with E-state index in [9.17, 15) is 9.90 Å². The van der Waals surface area contributed by atoms with Crippen molar-refractivity contribution in [3.63, 3.8) is 0 Å². The van der Waals surface area contributed by atoms with Crippen LogP contribution in [0.25, 0.3) is 0 Å². The van der Waals surface area contributed by atoms with Gasteiger partial charge in [-0.25, -0.2) is 4.98 Å². The van der Waals surface area contributed by atoms with Gasteiger partial charge in [-0.2, -0.15) is 0 Å². The van der Waals surface area contributed by atoms with Gasteiger partial charge in [0.1, 0.15) is 6.26 Å². The number of aliphatic hydroxyl groups excluding tert-OH is 1. The molecule has 2 rings (SSSR count). The Morgan fingerprint density at radius 1 is 1.33 bits per heavy atom. The molecule has 1 fully saturated rings. The summed E-state index contributed by atoms with van der Waals surface area (Å²) < 4.78 is 10.7. The van der Waals surface area contributed by atoms with E-state index in [1.54, 1.807) is 0 Å². The van der Waals surface area contributed by atoms with Crippen LogP contribution in [0.4, 0.5) is 0 Å². The highest BCUT2D eigenvalue weighted by Crippen LogP contribution is 2.10. The molecular formula is C19H34N4O4. The Kier molecular flexibility index (Phi) is 9.20. The summed E-state index contributed by atoms with van der Waals surface area (Å²) in [6.07, 6.45) is 1.93. The van der Waals surface area contributed by atoms with Gasteiger partial charge in [0.05, 0.1) is 19.3 Å². The molecule has 8 heteroatoms. The standard InChI is InChI=1S/C19H34N4O4/c1-4-26-13-16(24)11-22-7-9-23(10-8-22)12-18-21-17(14-27-18)19(25)20-6-5-15(2)3/h14-16,24H,4-13H2,1-3H3,(H,20,25)/t16-/m0/s1. The topological polar surface area (TPSA) is 91.1 Å². The molecule has 0 spiro atoms. The molecule has 154 valence electrons. The van der Waals surface area contributed by atoms with Crippen molar-refractivity contribution < 1.29 is 19.1 Å². The number of hydrogen-bond donors (Lipinski definition) is 2. The van der Waals surface area contributed by atoms with Gasteiger partial charge in [0, 0.05) is 45.9 Å². The van der Waals surface area contributed by atoms with Gasteiger partial charge in [0.25, 0.3) is 5.91 Å². The van der Waals surface area contributed by atoms with Crippen LogP contribution >= 0.6 is 0 Å². The van der Waals surface area contributed by atoms with Crippen LogP contribution in [0.1, 0.15) is 43.6 Å². The van der Waals surface area contributed by atoms with Crippen molar-refractivity contribution in [3.05, 3.63) is 17.8 Å². The van der Waals surface area contributed by atoms with E-state index < -0.39 is 6.10 Å². The summed E-state index contributed by atoms with van der Waals surface area (Å²) in [6.45, 7) is 12.6. The van der Waals surface area contributed by atoms with Crippen molar-refractivity contribution in [3.8, 4) is 0 Å². The lowest BCUT2D eigenvalue weighted by Gasteiger charge is -2.34. The minimum Gasteiger partial charge on any atom is -0.447 e. The normalized spacial score (nSPS) is 17.4. The summed E-state index contributed by atoms with van der Waals surface area (Å²) in [5.41, 5.74) is 0.339. The van der Waals surface area contributed by atoms with Crippen molar-refractivity contribution >= 4 is 5.91 Å². The molecule has 0 unspecified atom stereocenters. The predicted molar refractivity (Wildman–Crippen MR) is 103 cm³/mol. The van der Waals surface area contributed by atoms with E-state index in [1.807, 2.05) is 6.92 Å². The summed E-state index contributed by atoms with van der Waals surface area (Å²) in [5, 5.41) is 12.8. The molecule has 1 aliphatic heterocycles. The fourth-order valence-electron chi connectivity index (χ4n) is 2.98. The Balaban J connectivity index is 1.70. The summed E-state index contributed by atoms with van der Waals surface area (Å²) in [7, 11) is 0. The van der Waals surface area contributed by atoms with Gasteiger partial charge >= 0.3 is 0 Å². The van der Waals surface area contributed by atoms with E-state index in [4.69, 9.17) is 9.15 Å². The van der Waals surface area contributed by atoms with Gasteiger partial charge < -0.3 is 19.6 Å². The van der Waals surface area contributed by atoms with Crippen LogP contribution in [0.15, 0.2) is 10.7 Å². The number of β-amino-alcohol motifs (C(OH)–C–C–N with tert-alkyl or cyclic N) is 1. The zero-order valence-electron chi connectivity index (χ0n) is 16.8. The summed E-state index contributed by atoms with van der Waals surface area (Å²) in [6, 6.07) is 0. The van der Waals surface area contributed by atoms with Gasteiger partial charge in [0.15, 0.2) is 5.69 Å². The number of piperazine rings is 1. The lowest BCUT2D eigenvalue weighted by atomic mass is 10.1. The molecule has 0 aliphatic carbocycles. The number of ether oxygens (including phenoxy) is 1. The number of carbonyl (C=O) groups is 1. The molecule has 8 nitrogen and oxygen atoms in total. The molecule has 1 saturated heterocycles. The van der Waals surface area contributed by atoms with Crippen molar-refractivity contribution in [2.24, 2.45) is 5.92 Å². The molecule has 0 radical (unpaired) electrons. The second kappa shape index (κ2) is 11.4. The van der Waals surface area contributed by atoms with E-state index in [0.29, 0.717) is 50.4 Å². The highest BCUT2D eigenvalue weighted by Gasteiger charge is 2.21. The first-order chi connectivity index (χ1) is 13.0. The SMILES string of the molecule is CCOC[C@@H](O)CN1CCN(Cc2nc(C(=O)NCCC(C)C)co2)CC1. The summed E-state index contributed by atoms with van der Waals surface area (Å²) in [5.74, 6) is 0.935. The predicted octanol–water partition coefficient (Wildman–Crippen LogP) is 0.966. The van der Waals surface area contributed by atoms with Crippen LogP contribution in [0.2, 0.25) is 0 Å². The van der Waals surface area contributed by atoms with E-state index >= 15 is 0 Å². The van der Waals surface area contributed by atoms with Crippen LogP contribution < -0.4 is 5.32 Å². The lowest BCUT2D eigenvalue weighted by Crippen LogP contribution is -2.48. The number of nitrogens with one attached hydrogen (secondary N) is 1. The zero-order valence-corrected chi connectivity index (χ0v) is 16.8. The second-order valence-corrected chi connectivity index (χ2v) is 7.45. The average molecular weight is 383 g/mol. The molecule has 1 aromatic rings. The van der Waals surface area contributed by atoms with Crippen LogP contribution in [-0.2, 0) is 11.3 Å². The van der Waals surface area contributed by atoms with Gasteiger partial charge in [-0.1, -0.05) is 13.8 Å². The maximum atomic E-state index is 12.1. The van der Waals surface area contributed by atoms with Gasteiger partial charge in [-0.15, -0.1) is 0 Å². The third kappa shape index (κ3) is 7.96. The first kappa shape index (κ1) is 21.8. The van der Waals surface area contributed by atoms with Crippen LogP contribution in [0.5, 0.6) is 0 Å². The average Bonchev–Trinajstić information content (AvgIpc) is 3.10. The lowest BCUT2D eigenvalue weighted by molar-refractivity contribution is 0.00949. The molecule has 1 atom stereocenters. The number of carbonyl (C=O) groups excluding carboxylic acids is 1. The Morgan fingerprint density at radius 2 is 2.04 bits per heavy atom. The Morgan fingerprint density at radius 3 is 2.70 bits per heavy atom. The Hall–Kier alpha value is -1.48. The number of aromatic nitrogens is 1. The van der Waals surface area contributed by atoms with Crippen LogP contribution in [-0.4, -0.2) is 84.4 Å². The van der Waals surface area contributed by atoms with Crippen LogP contribution in [0, 0.1) is 5.92 Å². The minimum atomic E-state index is -0.444. The first-order valence-electron chi connectivity index (χ1n) is 9.91. The zero-order chi connectivity index (χ0) is 19.6. The molecule has 1 amide bonds. The van der Waals surface area contributed by atoms with Gasteiger partial charge in [-0.05, 0) is 19.3 Å². The molecule has 2 N–H and O–H groups in total. The van der Waals surface area contributed by atoms with Crippen molar-refractivity contribution in [1.82, 2.24) is 20.1 Å². The number of oxazole rings is 1. The van der Waals surface area contributed by atoms with Gasteiger partial charge in [0.2, 0.25) is 5.89 Å². The van der Waals surface area contributed by atoms with Crippen LogP contribution in [0.3, 0.4) is 0 Å². The Labute approximate surface area is 161 Å². The quantitative estimate of drug-likeness (QED) is 0.589. The largest absolute Gasteiger partial charge is 0.447 e. The highest BCUT2D eigenvalue weighted by atomic mass is 16.5. The number of hydrogen-bond acceptors (Lipinski definition) is 7. The highest BCUT2D eigenvalue weighted by molar-refractivity contribution is 5.91. The third-order valence-electron chi connectivity index (χ3n) is 4.60. The molecule has 27 heavy (non-hydrogen) atoms. The molecule has 0 aromatic carbocycles. The third-order valence-corrected chi connectivity index (χ3v) is 4.60. The van der Waals surface area contributed by atoms with Crippen molar-refractivity contribution in [2.45, 2.75) is 39.8 Å². The van der Waals surface area contributed by atoms with E-state index in [0.717, 1.165) is 32.6 Å². The van der Waals surface area contributed by atoms with E-state index in [2.05, 4.69) is 33.9 Å². The first-order valence-corrected chi connectivity index (χ1v) is 9.91.